The predicted octanol–water partition coefficient (Wildman–Crippen LogP) is 4.48. The fourth-order valence-electron chi connectivity index (χ4n) is 2.98. The molecule has 1 heterocycles. The summed E-state index contributed by atoms with van der Waals surface area (Å²) in [5.74, 6) is -0.927. The highest BCUT2D eigenvalue weighted by atomic mass is 16.4. The molecule has 3 aromatic carbocycles. The van der Waals surface area contributed by atoms with Gasteiger partial charge >= 0.3 is 5.97 Å². The van der Waals surface area contributed by atoms with Crippen molar-refractivity contribution in [1.29, 1.82) is 0 Å². The molecule has 22 heavy (non-hydrogen) atoms. The van der Waals surface area contributed by atoms with Crippen LogP contribution < -0.4 is 0 Å². The van der Waals surface area contributed by atoms with Crippen LogP contribution in [0, 0.1) is 0 Å². The molecule has 1 aromatic heterocycles. The van der Waals surface area contributed by atoms with Crippen LogP contribution in [0.3, 0.4) is 0 Å². The average Bonchev–Trinajstić information content (AvgIpc) is 2.94. The van der Waals surface area contributed by atoms with Crippen LogP contribution in [-0.2, 0) is 0 Å². The molecule has 0 aliphatic rings. The minimum Gasteiger partial charge on any atom is -0.477 e. The van der Waals surface area contributed by atoms with Gasteiger partial charge in [0.05, 0.1) is 11.2 Å². The molecular weight excluding hydrogens is 274 g/mol. The first-order valence-electron chi connectivity index (χ1n) is 7.07. The Labute approximate surface area is 127 Å². The van der Waals surface area contributed by atoms with Crippen molar-refractivity contribution in [3.63, 3.8) is 0 Å². The van der Waals surface area contributed by atoms with Gasteiger partial charge in [-0.2, -0.15) is 0 Å². The molecule has 0 radical (unpaired) electrons. The number of hydrogen-bond donors (Lipinski definition) is 1. The average molecular weight is 287 g/mol. The third-order valence-corrected chi connectivity index (χ3v) is 3.94. The molecule has 4 rings (SSSR count). The number of aromatic carboxylic acids is 1. The van der Waals surface area contributed by atoms with E-state index in [0.717, 1.165) is 27.4 Å². The highest BCUT2D eigenvalue weighted by Gasteiger charge is 2.17. The second-order valence-corrected chi connectivity index (χ2v) is 5.23. The lowest BCUT2D eigenvalue weighted by Crippen LogP contribution is -2.06. The number of carbonyl (C=O) groups is 1. The van der Waals surface area contributed by atoms with Gasteiger partial charge in [0.2, 0.25) is 0 Å². The Hall–Kier alpha value is -3.07. The molecule has 3 nitrogen and oxygen atoms in total. The summed E-state index contributed by atoms with van der Waals surface area (Å²) in [7, 11) is 0. The second kappa shape index (κ2) is 4.74. The number of fused-ring (bicyclic) bond motifs is 2. The third-order valence-electron chi connectivity index (χ3n) is 3.94. The lowest BCUT2D eigenvalue weighted by atomic mass is 10.1. The summed E-state index contributed by atoms with van der Waals surface area (Å²) in [6, 6.07) is 23.4. The van der Waals surface area contributed by atoms with Gasteiger partial charge in [-0.1, -0.05) is 54.6 Å². The van der Waals surface area contributed by atoms with Crippen molar-refractivity contribution >= 4 is 27.6 Å². The minimum absolute atomic E-state index is 0.276. The van der Waals surface area contributed by atoms with Gasteiger partial charge in [-0.25, -0.2) is 4.79 Å². The molecular formula is C19H13NO2. The van der Waals surface area contributed by atoms with E-state index in [0.29, 0.717) is 0 Å². The fraction of sp³-hybridized carbons (Fsp3) is 0. The number of nitrogens with zero attached hydrogens (tertiary/aromatic N) is 1. The van der Waals surface area contributed by atoms with E-state index < -0.39 is 5.97 Å². The molecule has 0 bridgehead atoms. The van der Waals surface area contributed by atoms with E-state index in [1.54, 1.807) is 6.07 Å². The van der Waals surface area contributed by atoms with Gasteiger partial charge < -0.3 is 9.67 Å². The predicted molar refractivity (Wildman–Crippen MR) is 87.7 cm³/mol. The van der Waals surface area contributed by atoms with Gasteiger partial charge in [-0.3, -0.25) is 0 Å². The molecule has 0 spiro atoms. The van der Waals surface area contributed by atoms with Crippen LogP contribution >= 0.6 is 0 Å². The van der Waals surface area contributed by atoms with Crippen LogP contribution in [0.25, 0.3) is 27.4 Å². The van der Waals surface area contributed by atoms with Crippen LogP contribution in [0.2, 0.25) is 0 Å². The third kappa shape index (κ3) is 1.79. The van der Waals surface area contributed by atoms with E-state index >= 15 is 0 Å². The minimum atomic E-state index is -0.927. The van der Waals surface area contributed by atoms with Crippen molar-refractivity contribution < 1.29 is 9.90 Å². The number of hydrogen-bond acceptors (Lipinski definition) is 1. The summed E-state index contributed by atoms with van der Waals surface area (Å²) in [5.41, 5.74) is 2.06. The summed E-state index contributed by atoms with van der Waals surface area (Å²) in [5, 5.41) is 12.6. The Kier molecular flexibility index (Phi) is 2.73. The fourth-order valence-corrected chi connectivity index (χ4v) is 2.98. The highest BCUT2D eigenvalue weighted by Crippen LogP contribution is 2.29. The number of benzene rings is 3. The van der Waals surface area contributed by atoms with Crippen LogP contribution in [-0.4, -0.2) is 15.6 Å². The quantitative estimate of drug-likeness (QED) is 0.590. The number of para-hydroxylation sites is 1. The largest absolute Gasteiger partial charge is 0.477 e. The van der Waals surface area contributed by atoms with Gasteiger partial charge in [0.1, 0.15) is 5.69 Å². The molecule has 0 amide bonds. The zero-order chi connectivity index (χ0) is 15.1. The molecule has 4 aromatic rings. The van der Waals surface area contributed by atoms with Crippen LogP contribution in [0.15, 0.2) is 72.8 Å². The van der Waals surface area contributed by atoms with Gasteiger partial charge in [-0.15, -0.1) is 0 Å². The molecule has 0 saturated carbocycles. The van der Waals surface area contributed by atoms with Crippen molar-refractivity contribution in [2.75, 3.05) is 0 Å². The van der Waals surface area contributed by atoms with Crippen molar-refractivity contribution in [2.45, 2.75) is 0 Å². The summed E-state index contributed by atoms with van der Waals surface area (Å²) >= 11 is 0. The first-order chi connectivity index (χ1) is 10.8. The first-order valence-corrected chi connectivity index (χ1v) is 7.07. The number of aromatic nitrogens is 1. The Morgan fingerprint density at radius 2 is 1.50 bits per heavy atom. The summed E-state index contributed by atoms with van der Waals surface area (Å²) < 4.78 is 1.82. The van der Waals surface area contributed by atoms with Gasteiger partial charge in [0.25, 0.3) is 0 Å². The SMILES string of the molecule is O=C(O)c1cc2ccccc2n1-c1cccc2ccccc12. The maximum Gasteiger partial charge on any atom is 0.352 e. The first kappa shape index (κ1) is 12.7. The molecule has 106 valence electrons. The van der Waals surface area contributed by atoms with E-state index in [1.165, 1.54) is 0 Å². The Bertz CT molecular complexity index is 1010. The summed E-state index contributed by atoms with van der Waals surface area (Å²) in [6.45, 7) is 0. The van der Waals surface area contributed by atoms with E-state index in [4.69, 9.17) is 0 Å². The zero-order valence-electron chi connectivity index (χ0n) is 11.7. The molecule has 0 aliphatic carbocycles. The number of carboxylic acids is 1. The molecule has 0 atom stereocenters. The van der Waals surface area contributed by atoms with E-state index in [-0.39, 0.29) is 5.69 Å². The summed E-state index contributed by atoms with van der Waals surface area (Å²) in [6.07, 6.45) is 0. The Morgan fingerprint density at radius 3 is 2.32 bits per heavy atom. The van der Waals surface area contributed by atoms with Crippen LogP contribution in [0.4, 0.5) is 0 Å². The zero-order valence-corrected chi connectivity index (χ0v) is 11.7. The Balaban J connectivity index is 2.16. The van der Waals surface area contributed by atoms with Gasteiger partial charge in [-0.05, 0) is 23.6 Å². The van der Waals surface area contributed by atoms with E-state index in [9.17, 15) is 9.90 Å². The second-order valence-electron chi connectivity index (χ2n) is 5.23. The van der Waals surface area contributed by atoms with Crippen LogP contribution in [0.1, 0.15) is 10.5 Å². The standard InChI is InChI=1S/C19H13NO2/c21-19(22)18-12-14-7-2-4-10-16(14)20(18)17-11-5-8-13-6-1-3-9-15(13)17/h1-12H,(H,21,22). The lowest BCUT2D eigenvalue weighted by Gasteiger charge is -2.11. The van der Waals surface area contributed by atoms with Crippen molar-refractivity contribution in [3.05, 3.63) is 78.5 Å². The molecule has 1 N–H and O–H groups in total. The normalized spacial score (nSPS) is 11.1. The maximum absolute atomic E-state index is 11.7. The molecule has 0 fully saturated rings. The number of carboxylic acid groups (broad SMARTS) is 1. The smallest absolute Gasteiger partial charge is 0.352 e. The van der Waals surface area contributed by atoms with E-state index in [1.807, 2.05) is 71.3 Å². The van der Waals surface area contributed by atoms with Gasteiger partial charge in [0.15, 0.2) is 0 Å². The maximum atomic E-state index is 11.7. The monoisotopic (exact) mass is 287 g/mol. The number of rotatable bonds is 2. The van der Waals surface area contributed by atoms with Crippen LogP contribution in [0.5, 0.6) is 0 Å². The van der Waals surface area contributed by atoms with Crippen molar-refractivity contribution in [1.82, 2.24) is 4.57 Å². The van der Waals surface area contributed by atoms with Crippen molar-refractivity contribution in [3.8, 4) is 5.69 Å². The Morgan fingerprint density at radius 1 is 0.818 bits per heavy atom. The lowest BCUT2D eigenvalue weighted by molar-refractivity contribution is 0.0688. The molecule has 3 heteroatoms. The van der Waals surface area contributed by atoms with Gasteiger partial charge in [0, 0.05) is 10.8 Å². The highest BCUT2D eigenvalue weighted by molar-refractivity contribution is 5.99. The van der Waals surface area contributed by atoms with Crippen molar-refractivity contribution in [2.24, 2.45) is 0 Å². The van der Waals surface area contributed by atoms with E-state index in [2.05, 4.69) is 0 Å². The molecule has 0 aliphatic heterocycles. The summed E-state index contributed by atoms with van der Waals surface area (Å²) in [4.78, 5) is 11.7. The molecule has 0 unspecified atom stereocenters. The molecule has 0 saturated heterocycles. The topological polar surface area (TPSA) is 42.2 Å².